The number of hydrogen-bond acceptors (Lipinski definition) is 8. The first-order valence-electron chi connectivity index (χ1n) is 8.13. The van der Waals surface area contributed by atoms with Crippen LogP contribution in [0.15, 0.2) is 29.4 Å². The third kappa shape index (κ3) is 3.93. The number of thioether (sulfide) groups is 1. The maximum Gasteiger partial charge on any atom is 0.225 e. The minimum Gasteiger partial charge on any atom is -0.368 e. The Balaban J connectivity index is 1.77. The van der Waals surface area contributed by atoms with Crippen molar-refractivity contribution in [3.63, 3.8) is 0 Å². The first-order chi connectivity index (χ1) is 12.2. The molecule has 0 aliphatic rings. The van der Waals surface area contributed by atoms with Crippen molar-refractivity contribution in [3.8, 4) is 11.4 Å². The van der Waals surface area contributed by atoms with Gasteiger partial charge in [0.1, 0.15) is 5.82 Å². The average molecular weight is 370 g/mol. The second-order valence-corrected chi connectivity index (χ2v) is 7.89. The normalized spacial score (nSPS) is 11.7. The van der Waals surface area contributed by atoms with Gasteiger partial charge in [0.25, 0.3) is 0 Å². The third-order valence-electron chi connectivity index (χ3n) is 3.89. The molecule has 0 spiro atoms. The van der Waals surface area contributed by atoms with Gasteiger partial charge in [0.05, 0.1) is 5.75 Å². The molecule has 0 saturated heterocycles. The maximum atomic E-state index is 5.60. The molecule has 9 heteroatoms. The van der Waals surface area contributed by atoms with Crippen molar-refractivity contribution in [2.24, 2.45) is 7.05 Å². The first-order valence-corrected chi connectivity index (χ1v) is 9.11. The van der Waals surface area contributed by atoms with Gasteiger partial charge in [-0.05, 0) is 11.0 Å². The van der Waals surface area contributed by atoms with Gasteiger partial charge in [-0.15, -0.1) is 10.2 Å². The van der Waals surface area contributed by atoms with E-state index in [2.05, 4.69) is 70.2 Å². The summed E-state index contributed by atoms with van der Waals surface area (Å²) >= 11 is 1.47. The molecule has 4 N–H and O–H groups in total. The van der Waals surface area contributed by atoms with Gasteiger partial charge < -0.3 is 16.0 Å². The molecule has 3 aromatic rings. The molecule has 0 radical (unpaired) electrons. The molecule has 0 unspecified atom stereocenters. The fourth-order valence-electron chi connectivity index (χ4n) is 2.46. The fraction of sp³-hybridized carbons (Fsp3) is 0.353. The van der Waals surface area contributed by atoms with Crippen LogP contribution < -0.4 is 11.5 Å². The lowest BCUT2D eigenvalue weighted by Crippen LogP contribution is -2.10. The summed E-state index contributed by atoms with van der Waals surface area (Å²) in [4.78, 5) is 11.9. The lowest BCUT2D eigenvalue weighted by molar-refractivity contribution is 0.590. The van der Waals surface area contributed by atoms with Crippen molar-refractivity contribution in [3.05, 3.63) is 35.7 Å². The molecular weight excluding hydrogens is 348 g/mol. The van der Waals surface area contributed by atoms with Gasteiger partial charge in [0.2, 0.25) is 11.9 Å². The van der Waals surface area contributed by atoms with Crippen molar-refractivity contribution in [1.29, 1.82) is 0 Å². The van der Waals surface area contributed by atoms with Crippen LogP contribution in [0, 0.1) is 0 Å². The Kier molecular flexibility index (Phi) is 4.82. The van der Waals surface area contributed by atoms with Crippen molar-refractivity contribution >= 4 is 23.7 Å². The van der Waals surface area contributed by atoms with Crippen LogP contribution in [0.2, 0.25) is 0 Å². The SMILES string of the molecule is Cn1c(SCc2nc(N)nc(N)n2)nnc1-c1ccc(C(C)(C)C)cc1. The summed E-state index contributed by atoms with van der Waals surface area (Å²) in [6.07, 6.45) is 0. The van der Waals surface area contributed by atoms with Gasteiger partial charge in [-0.3, -0.25) is 0 Å². The molecule has 0 amide bonds. The molecule has 8 nitrogen and oxygen atoms in total. The molecule has 2 aromatic heterocycles. The quantitative estimate of drug-likeness (QED) is 0.672. The topological polar surface area (TPSA) is 121 Å². The average Bonchev–Trinajstić information content (AvgIpc) is 2.92. The number of rotatable bonds is 4. The van der Waals surface area contributed by atoms with Gasteiger partial charge >= 0.3 is 0 Å². The number of nitrogens with two attached hydrogens (primary N) is 2. The number of nitrogen functional groups attached to an aromatic ring is 2. The third-order valence-corrected chi connectivity index (χ3v) is 4.91. The van der Waals surface area contributed by atoms with Crippen LogP contribution in [0.1, 0.15) is 32.2 Å². The van der Waals surface area contributed by atoms with Crippen molar-refractivity contribution in [1.82, 2.24) is 29.7 Å². The zero-order valence-electron chi connectivity index (χ0n) is 15.3. The zero-order chi connectivity index (χ0) is 18.9. The number of hydrogen-bond donors (Lipinski definition) is 2. The minimum absolute atomic E-state index is 0.116. The molecule has 0 bridgehead atoms. The van der Waals surface area contributed by atoms with E-state index in [-0.39, 0.29) is 17.3 Å². The largest absolute Gasteiger partial charge is 0.368 e. The Labute approximate surface area is 156 Å². The smallest absolute Gasteiger partial charge is 0.225 e. The molecule has 0 atom stereocenters. The van der Waals surface area contributed by atoms with Crippen LogP contribution in [-0.2, 0) is 18.2 Å². The molecule has 0 aliphatic heterocycles. The highest BCUT2D eigenvalue weighted by molar-refractivity contribution is 7.98. The van der Waals surface area contributed by atoms with Crippen LogP contribution in [0.4, 0.5) is 11.9 Å². The van der Waals surface area contributed by atoms with Gasteiger partial charge in [0, 0.05) is 12.6 Å². The Morgan fingerprint density at radius 2 is 1.58 bits per heavy atom. The summed E-state index contributed by atoms with van der Waals surface area (Å²) in [5.74, 6) is 2.03. The Morgan fingerprint density at radius 1 is 0.962 bits per heavy atom. The van der Waals surface area contributed by atoms with E-state index < -0.39 is 0 Å². The van der Waals surface area contributed by atoms with Crippen LogP contribution in [0.25, 0.3) is 11.4 Å². The molecule has 0 aliphatic carbocycles. The van der Waals surface area contributed by atoms with E-state index in [1.807, 2.05) is 11.6 Å². The van der Waals surface area contributed by atoms with Gasteiger partial charge in [-0.1, -0.05) is 56.8 Å². The Morgan fingerprint density at radius 3 is 2.15 bits per heavy atom. The Bertz CT molecular complexity index is 891. The molecular formula is C17H22N8S. The van der Waals surface area contributed by atoms with E-state index in [9.17, 15) is 0 Å². The van der Waals surface area contributed by atoms with E-state index in [1.54, 1.807) is 0 Å². The first kappa shape index (κ1) is 18.1. The van der Waals surface area contributed by atoms with Crippen molar-refractivity contribution < 1.29 is 0 Å². The molecule has 3 rings (SSSR count). The number of anilines is 2. The molecule has 136 valence electrons. The highest BCUT2D eigenvalue weighted by Crippen LogP contribution is 2.27. The second-order valence-electron chi connectivity index (χ2n) is 6.95. The second kappa shape index (κ2) is 6.91. The number of nitrogens with zero attached hydrogens (tertiary/aromatic N) is 6. The summed E-state index contributed by atoms with van der Waals surface area (Å²) in [6, 6.07) is 8.42. The Hall–Kier alpha value is -2.68. The van der Waals surface area contributed by atoms with E-state index in [4.69, 9.17) is 11.5 Å². The zero-order valence-corrected chi connectivity index (χ0v) is 16.1. The summed E-state index contributed by atoms with van der Waals surface area (Å²) in [7, 11) is 1.94. The van der Waals surface area contributed by atoms with Gasteiger partial charge in [-0.25, -0.2) is 0 Å². The van der Waals surface area contributed by atoms with Crippen LogP contribution in [0.3, 0.4) is 0 Å². The predicted octanol–water partition coefficient (Wildman–Crippen LogP) is 2.42. The molecule has 0 saturated carbocycles. The maximum absolute atomic E-state index is 5.60. The van der Waals surface area contributed by atoms with Crippen molar-refractivity contribution in [2.75, 3.05) is 11.5 Å². The predicted molar refractivity (Wildman–Crippen MR) is 103 cm³/mol. The van der Waals surface area contributed by atoms with Gasteiger partial charge in [-0.2, -0.15) is 15.0 Å². The number of aromatic nitrogens is 6. The summed E-state index contributed by atoms with van der Waals surface area (Å²) < 4.78 is 1.95. The van der Waals surface area contributed by atoms with Crippen LogP contribution >= 0.6 is 11.8 Å². The number of benzene rings is 1. The summed E-state index contributed by atoms with van der Waals surface area (Å²) in [6.45, 7) is 6.58. The fourth-order valence-corrected chi connectivity index (χ4v) is 3.23. The molecule has 2 heterocycles. The molecule has 26 heavy (non-hydrogen) atoms. The highest BCUT2D eigenvalue weighted by atomic mass is 32.2. The van der Waals surface area contributed by atoms with Crippen molar-refractivity contribution in [2.45, 2.75) is 37.1 Å². The van der Waals surface area contributed by atoms with E-state index in [0.717, 1.165) is 16.5 Å². The minimum atomic E-state index is 0.116. The summed E-state index contributed by atoms with van der Waals surface area (Å²) in [5.41, 5.74) is 13.6. The monoisotopic (exact) mass is 370 g/mol. The highest BCUT2D eigenvalue weighted by Gasteiger charge is 2.16. The van der Waals surface area contributed by atoms with Gasteiger partial charge in [0.15, 0.2) is 11.0 Å². The van der Waals surface area contributed by atoms with Crippen LogP contribution in [0.5, 0.6) is 0 Å². The van der Waals surface area contributed by atoms with E-state index >= 15 is 0 Å². The summed E-state index contributed by atoms with van der Waals surface area (Å²) in [5, 5.41) is 9.34. The standard InChI is InChI=1S/C17H22N8S/c1-17(2,3)11-7-5-10(6-8-11)13-23-24-16(25(13)4)26-9-12-20-14(18)22-15(19)21-12/h5-8H,9H2,1-4H3,(H4,18,19,20,21,22). The lowest BCUT2D eigenvalue weighted by Gasteiger charge is -2.19. The lowest BCUT2D eigenvalue weighted by atomic mass is 9.87. The molecule has 0 fully saturated rings. The molecule has 1 aromatic carbocycles. The van der Waals surface area contributed by atoms with E-state index in [0.29, 0.717) is 11.6 Å². The van der Waals surface area contributed by atoms with E-state index in [1.165, 1.54) is 17.3 Å². The van der Waals surface area contributed by atoms with Crippen LogP contribution in [-0.4, -0.2) is 29.7 Å².